The summed E-state index contributed by atoms with van der Waals surface area (Å²) < 4.78 is 25.0. The normalized spacial score (nSPS) is 21.4. The summed E-state index contributed by atoms with van der Waals surface area (Å²) in [6, 6.07) is 12.0. The van der Waals surface area contributed by atoms with Gasteiger partial charge in [-0.3, -0.25) is 14.3 Å². The van der Waals surface area contributed by atoms with Gasteiger partial charge in [-0.15, -0.1) is 0 Å². The van der Waals surface area contributed by atoms with Crippen molar-refractivity contribution in [1.29, 1.82) is 0 Å². The number of carbonyl (C=O) groups is 3. The van der Waals surface area contributed by atoms with Crippen LogP contribution in [0.4, 0.5) is 0 Å². The quantitative estimate of drug-likeness (QED) is 0.522. The van der Waals surface area contributed by atoms with Crippen molar-refractivity contribution in [2.75, 3.05) is 6.26 Å². The Bertz CT molecular complexity index is 1220. The fourth-order valence-electron chi connectivity index (χ4n) is 4.67. The Hall–Kier alpha value is -2.62. The number of sulfonamides is 1. The Labute approximate surface area is 214 Å². The molecule has 1 saturated heterocycles. The van der Waals surface area contributed by atoms with Crippen LogP contribution in [0.25, 0.3) is 0 Å². The summed E-state index contributed by atoms with van der Waals surface area (Å²) in [6.45, 7) is 1.67. The molecule has 0 radical (unpaired) electrons. The molecule has 2 aromatic rings. The molecule has 2 aromatic carbocycles. The third kappa shape index (κ3) is 6.54. The molecule has 1 heterocycles. The molecule has 1 aliphatic rings. The second-order valence-electron chi connectivity index (χ2n) is 8.60. The van der Waals surface area contributed by atoms with E-state index in [-0.39, 0.29) is 12.8 Å². The van der Waals surface area contributed by atoms with Gasteiger partial charge in [-0.1, -0.05) is 54.4 Å². The number of halogens is 2. The fraction of sp³-hybridized carbons (Fsp3) is 0.375. The SMILES string of the molecule is CCC(C(=O)O)N1C(=O)[C@@H](CC(=O)NS(C)(=O)=O)C[C@H](c2cccc(Cl)c2)[C@H]1c1ccc(Cl)cc1. The van der Waals surface area contributed by atoms with Crippen LogP contribution in [0.1, 0.15) is 49.3 Å². The Kier molecular flexibility index (Phi) is 8.46. The van der Waals surface area contributed by atoms with E-state index in [0.717, 1.165) is 11.8 Å². The number of amides is 2. The molecule has 8 nitrogen and oxygen atoms in total. The second kappa shape index (κ2) is 11.0. The molecule has 0 bridgehead atoms. The molecule has 35 heavy (non-hydrogen) atoms. The van der Waals surface area contributed by atoms with E-state index in [9.17, 15) is 27.9 Å². The maximum atomic E-state index is 13.7. The third-order valence-corrected chi connectivity index (χ3v) is 7.14. The Morgan fingerprint density at radius 1 is 1.11 bits per heavy atom. The summed E-state index contributed by atoms with van der Waals surface area (Å²) in [5.41, 5.74) is 1.45. The topological polar surface area (TPSA) is 121 Å². The third-order valence-electron chi connectivity index (χ3n) is 6.05. The van der Waals surface area contributed by atoms with Crippen molar-refractivity contribution in [1.82, 2.24) is 9.62 Å². The zero-order valence-corrected chi connectivity index (χ0v) is 21.5. The molecule has 1 unspecified atom stereocenters. The molecule has 4 atom stereocenters. The van der Waals surface area contributed by atoms with Crippen LogP contribution in [-0.2, 0) is 24.4 Å². The van der Waals surface area contributed by atoms with E-state index in [2.05, 4.69) is 0 Å². The predicted octanol–water partition coefficient (Wildman–Crippen LogP) is 4.00. The van der Waals surface area contributed by atoms with Crippen LogP contribution in [-0.4, -0.2) is 48.5 Å². The summed E-state index contributed by atoms with van der Waals surface area (Å²) in [4.78, 5) is 39.7. The number of nitrogens with zero attached hydrogens (tertiary/aromatic N) is 1. The van der Waals surface area contributed by atoms with Crippen molar-refractivity contribution in [3.05, 3.63) is 69.7 Å². The molecule has 0 saturated carbocycles. The number of likely N-dealkylation sites (tertiary alicyclic amines) is 1. The standard InChI is InChI=1S/C24H26Cl2N2O6S/c1-3-20(24(31)32)28-22(14-7-9-17(25)10-8-14)19(15-5-4-6-18(26)11-15)12-16(23(28)30)13-21(29)27-35(2,33)34/h4-11,16,19-20,22H,3,12-13H2,1-2H3,(H,27,29)(H,31,32)/t16-,19-,20?,22-/m1/s1. The molecule has 2 N–H and O–H groups in total. The van der Waals surface area contributed by atoms with Gasteiger partial charge in [0.1, 0.15) is 6.04 Å². The van der Waals surface area contributed by atoms with Gasteiger partial charge in [0.15, 0.2) is 0 Å². The van der Waals surface area contributed by atoms with Crippen molar-refractivity contribution < 1.29 is 27.9 Å². The smallest absolute Gasteiger partial charge is 0.326 e. The largest absolute Gasteiger partial charge is 0.480 e. The first-order valence-corrected chi connectivity index (χ1v) is 13.6. The van der Waals surface area contributed by atoms with Gasteiger partial charge in [0.05, 0.1) is 12.3 Å². The van der Waals surface area contributed by atoms with E-state index in [4.69, 9.17) is 23.2 Å². The monoisotopic (exact) mass is 540 g/mol. The highest BCUT2D eigenvalue weighted by atomic mass is 35.5. The van der Waals surface area contributed by atoms with Gasteiger partial charge in [-0.25, -0.2) is 13.2 Å². The highest BCUT2D eigenvalue weighted by molar-refractivity contribution is 7.89. The number of nitrogens with one attached hydrogen (secondary N) is 1. The lowest BCUT2D eigenvalue weighted by Crippen LogP contribution is -2.54. The van der Waals surface area contributed by atoms with Gasteiger partial charge in [0.2, 0.25) is 21.8 Å². The van der Waals surface area contributed by atoms with Crippen LogP contribution in [0.2, 0.25) is 10.0 Å². The van der Waals surface area contributed by atoms with E-state index < -0.39 is 58.1 Å². The number of piperidine rings is 1. The van der Waals surface area contributed by atoms with Gasteiger partial charge in [0, 0.05) is 28.3 Å². The minimum atomic E-state index is -3.82. The number of rotatable bonds is 8. The first-order chi connectivity index (χ1) is 16.4. The van der Waals surface area contributed by atoms with Crippen molar-refractivity contribution in [3.8, 4) is 0 Å². The maximum absolute atomic E-state index is 13.7. The molecular weight excluding hydrogens is 515 g/mol. The van der Waals surface area contributed by atoms with Crippen LogP contribution in [0.3, 0.4) is 0 Å². The number of aliphatic carboxylic acids is 1. The molecule has 11 heteroatoms. The van der Waals surface area contributed by atoms with E-state index in [0.29, 0.717) is 15.6 Å². The number of carboxylic acids is 1. The number of benzene rings is 2. The number of carboxylic acid groups (broad SMARTS) is 1. The van der Waals surface area contributed by atoms with Crippen molar-refractivity contribution in [2.24, 2.45) is 5.92 Å². The zero-order chi connectivity index (χ0) is 25.9. The van der Waals surface area contributed by atoms with Gasteiger partial charge < -0.3 is 10.0 Å². The maximum Gasteiger partial charge on any atom is 0.326 e. The molecule has 1 fully saturated rings. The lowest BCUT2D eigenvalue weighted by molar-refractivity contribution is -0.159. The average Bonchev–Trinajstić information content (AvgIpc) is 2.75. The van der Waals surface area contributed by atoms with Crippen LogP contribution >= 0.6 is 23.2 Å². The minimum absolute atomic E-state index is 0.135. The van der Waals surface area contributed by atoms with Crippen LogP contribution in [0.5, 0.6) is 0 Å². The van der Waals surface area contributed by atoms with E-state index in [1.807, 2.05) is 10.8 Å². The molecule has 1 aliphatic heterocycles. The zero-order valence-electron chi connectivity index (χ0n) is 19.1. The first kappa shape index (κ1) is 27.0. The van der Waals surface area contributed by atoms with Gasteiger partial charge in [0.25, 0.3) is 0 Å². The van der Waals surface area contributed by atoms with E-state index in [1.165, 1.54) is 4.90 Å². The van der Waals surface area contributed by atoms with Crippen LogP contribution in [0, 0.1) is 5.92 Å². The van der Waals surface area contributed by atoms with Gasteiger partial charge in [-0.05, 0) is 48.2 Å². The minimum Gasteiger partial charge on any atom is -0.480 e. The van der Waals surface area contributed by atoms with Crippen LogP contribution in [0.15, 0.2) is 48.5 Å². The van der Waals surface area contributed by atoms with Gasteiger partial charge in [-0.2, -0.15) is 0 Å². The summed E-state index contributed by atoms with van der Waals surface area (Å²) in [7, 11) is -3.82. The molecular formula is C24H26Cl2N2O6S. The molecule has 3 rings (SSSR count). The average molecular weight is 541 g/mol. The summed E-state index contributed by atoms with van der Waals surface area (Å²) >= 11 is 12.3. The molecule has 0 aromatic heterocycles. The number of hydrogen-bond donors (Lipinski definition) is 2. The number of carbonyl (C=O) groups excluding carboxylic acids is 2. The van der Waals surface area contributed by atoms with Crippen molar-refractivity contribution in [2.45, 2.75) is 44.2 Å². The number of hydrogen-bond acceptors (Lipinski definition) is 5. The predicted molar refractivity (Wildman–Crippen MR) is 133 cm³/mol. The summed E-state index contributed by atoms with van der Waals surface area (Å²) in [5.74, 6) is -3.88. The second-order valence-corrected chi connectivity index (χ2v) is 11.2. The Morgan fingerprint density at radius 2 is 1.77 bits per heavy atom. The highest BCUT2D eigenvalue weighted by Gasteiger charge is 2.47. The lowest BCUT2D eigenvalue weighted by Gasteiger charge is -2.47. The lowest BCUT2D eigenvalue weighted by atomic mass is 9.74. The van der Waals surface area contributed by atoms with Crippen molar-refractivity contribution in [3.63, 3.8) is 0 Å². The van der Waals surface area contributed by atoms with E-state index >= 15 is 0 Å². The first-order valence-electron chi connectivity index (χ1n) is 11.0. The molecule has 0 spiro atoms. The summed E-state index contributed by atoms with van der Waals surface area (Å²) in [5, 5.41) is 10.9. The summed E-state index contributed by atoms with van der Waals surface area (Å²) in [6.07, 6.45) is 0.775. The van der Waals surface area contributed by atoms with E-state index in [1.54, 1.807) is 49.4 Å². The molecule has 2 amide bonds. The van der Waals surface area contributed by atoms with Crippen molar-refractivity contribution >= 4 is 51.0 Å². The van der Waals surface area contributed by atoms with Crippen LogP contribution < -0.4 is 4.72 Å². The fourth-order valence-corrected chi connectivity index (χ4v) is 5.49. The highest BCUT2D eigenvalue weighted by Crippen LogP contribution is 2.47. The molecule has 188 valence electrons. The van der Waals surface area contributed by atoms with Gasteiger partial charge >= 0.3 is 5.97 Å². The Balaban J connectivity index is 2.15. The molecule has 0 aliphatic carbocycles. The Morgan fingerprint density at radius 3 is 2.31 bits per heavy atom.